The van der Waals surface area contributed by atoms with Crippen LogP contribution in [0.15, 0.2) is 59.2 Å². The number of hydrogen-bond acceptors (Lipinski definition) is 4. The molecular weight excluding hydrogens is 403 g/mol. The second-order valence-corrected chi connectivity index (χ2v) is 7.05. The fourth-order valence-electron chi connectivity index (χ4n) is 2.90. The lowest BCUT2D eigenvalue weighted by Gasteiger charge is -2.15. The topological polar surface area (TPSA) is 80.6 Å². The third-order valence-corrected chi connectivity index (χ3v) is 4.69. The molecule has 1 aliphatic rings. The molecule has 1 atom stereocenters. The Labute approximate surface area is 170 Å². The Morgan fingerprint density at radius 3 is 2.54 bits per heavy atom. The Hall–Kier alpha value is -2.96. The molecule has 2 N–H and O–H groups in total. The Morgan fingerprint density at radius 1 is 0.964 bits per heavy atom. The number of furan rings is 1. The van der Waals surface area contributed by atoms with Crippen molar-refractivity contribution in [2.75, 3.05) is 10.6 Å². The highest BCUT2D eigenvalue weighted by Gasteiger charge is 2.29. The van der Waals surface area contributed by atoms with E-state index in [9.17, 15) is 9.59 Å². The molecule has 6 nitrogen and oxygen atoms in total. The van der Waals surface area contributed by atoms with Crippen LogP contribution in [0.25, 0.3) is 0 Å². The second kappa shape index (κ2) is 7.58. The highest BCUT2D eigenvalue weighted by Crippen LogP contribution is 2.32. The van der Waals surface area contributed by atoms with Gasteiger partial charge in [-0.15, -0.1) is 0 Å². The molecule has 0 radical (unpaired) electrons. The van der Waals surface area contributed by atoms with Crippen LogP contribution in [-0.2, 0) is 11.2 Å². The number of nitrogens with one attached hydrogen (secondary N) is 2. The summed E-state index contributed by atoms with van der Waals surface area (Å²) in [5.74, 6) is -0.0271. The molecule has 0 saturated heterocycles. The van der Waals surface area contributed by atoms with Gasteiger partial charge in [-0.05, 0) is 54.1 Å². The zero-order valence-electron chi connectivity index (χ0n) is 14.4. The van der Waals surface area contributed by atoms with Crippen molar-refractivity contribution >= 4 is 46.4 Å². The molecule has 0 aliphatic carbocycles. The summed E-state index contributed by atoms with van der Waals surface area (Å²) in [5.41, 5.74) is 1.61. The molecule has 4 rings (SSSR count). The fourth-order valence-corrected chi connectivity index (χ4v) is 3.26. The summed E-state index contributed by atoms with van der Waals surface area (Å²) in [4.78, 5) is 25.0. The maximum atomic E-state index is 12.7. The van der Waals surface area contributed by atoms with Crippen LogP contribution in [-0.4, -0.2) is 17.9 Å². The van der Waals surface area contributed by atoms with Crippen LogP contribution in [0.2, 0.25) is 10.0 Å². The predicted octanol–water partition coefficient (Wildman–Crippen LogP) is 4.78. The summed E-state index contributed by atoms with van der Waals surface area (Å²) < 4.78 is 10.8. The highest BCUT2D eigenvalue weighted by molar-refractivity contribution is 6.31. The largest absolute Gasteiger partial charge is 0.480 e. The lowest BCUT2D eigenvalue weighted by molar-refractivity contribution is -0.122. The SMILES string of the molecule is O=C(Nc1cc(Cl)ccc1NC(=O)C1Cc2cc(Cl)ccc2O1)c1ccco1. The number of benzene rings is 2. The molecule has 3 aromatic rings. The Balaban J connectivity index is 1.50. The molecule has 1 unspecified atom stereocenters. The number of carbonyl (C=O) groups excluding carboxylic acids is 2. The van der Waals surface area contributed by atoms with Crippen molar-refractivity contribution in [2.24, 2.45) is 0 Å². The number of rotatable bonds is 4. The maximum Gasteiger partial charge on any atom is 0.291 e. The standard InChI is InChI=1S/C20H14Cl2N2O4/c21-12-4-6-16-11(8-12)9-18(28-16)20(26)23-14-5-3-13(22)10-15(14)24-19(25)17-2-1-7-27-17/h1-8,10,18H,9H2,(H,23,26)(H,24,25). The Bertz CT molecular complexity index is 1050. The van der Waals surface area contributed by atoms with Gasteiger partial charge in [0, 0.05) is 16.5 Å². The summed E-state index contributed by atoms with van der Waals surface area (Å²) in [6.45, 7) is 0. The number of hydrogen-bond donors (Lipinski definition) is 2. The maximum absolute atomic E-state index is 12.7. The van der Waals surface area contributed by atoms with E-state index in [0.29, 0.717) is 33.6 Å². The lowest BCUT2D eigenvalue weighted by atomic mass is 10.1. The normalized spacial score (nSPS) is 14.9. The molecule has 8 heteroatoms. The van der Waals surface area contributed by atoms with Gasteiger partial charge in [-0.2, -0.15) is 0 Å². The predicted molar refractivity (Wildman–Crippen MR) is 106 cm³/mol. The Kier molecular flexibility index (Phi) is 4.98. The van der Waals surface area contributed by atoms with Gasteiger partial charge in [-0.3, -0.25) is 9.59 Å². The first kappa shape index (κ1) is 18.4. The Morgan fingerprint density at radius 2 is 1.75 bits per heavy atom. The fraction of sp³-hybridized carbons (Fsp3) is 0.100. The molecule has 0 saturated carbocycles. The van der Waals surface area contributed by atoms with E-state index < -0.39 is 12.0 Å². The van der Waals surface area contributed by atoms with Gasteiger partial charge in [0.2, 0.25) is 0 Å². The van der Waals surface area contributed by atoms with E-state index in [0.717, 1.165) is 5.56 Å². The molecule has 2 aromatic carbocycles. The molecular formula is C20H14Cl2N2O4. The minimum absolute atomic E-state index is 0.142. The summed E-state index contributed by atoms with van der Waals surface area (Å²) in [6, 6.07) is 13.1. The minimum Gasteiger partial charge on any atom is -0.480 e. The van der Waals surface area contributed by atoms with Gasteiger partial charge >= 0.3 is 0 Å². The van der Waals surface area contributed by atoms with Gasteiger partial charge in [0.25, 0.3) is 11.8 Å². The lowest BCUT2D eigenvalue weighted by Crippen LogP contribution is -2.31. The number of ether oxygens (including phenoxy) is 1. The average Bonchev–Trinajstić information content (AvgIpc) is 3.33. The van der Waals surface area contributed by atoms with Crippen LogP contribution in [0.4, 0.5) is 11.4 Å². The second-order valence-electron chi connectivity index (χ2n) is 6.17. The monoisotopic (exact) mass is 416 g/mol. The van der Waals surface area contributed by atoms with Gasteiger partial charge in [0.1, 0.15) is 5.75 Å². The van der Waals surface area contributed by atoms with Crippen molar-refractivity contribution < 1.29 is 18.7 Å². The van der Waals surface area contributed by atoms with E-state index in [1.54, 1.807) is 42.5 Å². The first-order valence-electron chi connectivity index (χ1n) is 8.40. The highest BCUT2D eigenvalue weighted by atomic mass is 35.5. The van der Waals surface area contributed by atoms with Gasteiger partial charge < -0.3 is 19.8 Å². The van der Waals surface area contributed by atoms with Crippen LogP contribution >= 0.6 is 23.2 Å². The minimum atomic E-state index is -0.697. The van der Waals surface area contributed by atoms with Crippen molar-refractivity contribution in [3.05, 3.63) is 76.2 Å². The average molecular weight is 417 g/mol. The molecule has 1 aliphatic heterocycles. The number of amides is 2. The van der Waals surface area contributed by atoms with Crippen molar-refractivity contribution in [3.8, 4) is 5.75 Å². The number of carbonyl (C=O) groups is 2. The first-order chi connectivity index (χ1) is 13.5. The van der Waals surface area contributed by atoms with E-state index in [1.165, 1.54) is 12.3 Å². The van der Waals surface area contributed by atoms with Crippen molar-refractivity contribution in [1.82, 2.24) is 0 Å². The van der Waals surface area contributed by atoms with Crippen molar-refractivity contribution in [2.45, 2.75) is 12.5 Å². The molecule has 2 amide bonds. The van der Waals surface area contributed by atoms with Gasteiger partial charge in [-0.1, -0.05) is 23.2 Å². The van der Waals surface area contributed by atoms with Crippen molar-refractivity contribution in [1.29, 1.82) is 0 Å². The summed E-state index contributed by atoms with van der Waals surface area (Å²) in [6.07, 6.45) is 1.11. The molecule has 2 heterocycles. The van der Waals surface area contributed by atoms with E-state index in [4.69, 9.17) is 32.4 Å². The quantitative estimate of drug-likeness (QED) is 0.640. The zero-order valence-corrected chi connectivity index (χ0v) is 15.9. The first-order valence-corrected chi connectivity index (χ1v) is 9.15. The number of anilines is 2. The van der Waals surface area contributed by atoms with E-state index in [2.05, 4.69) is 10.6 Å². The van der Waals surface area contributed by atoms with Gasteiger partial charge in [0.15, 0.2) is 11.9 Å². The number of fused-ring (bicyclic) bond motifs is 1. The molecule has 0 bridgehead atoms. The van der Waals surface area contributed by atoms with Crippen LogP contribution in [0.3, 0.4) is 0 Å². The molecule has 142 valence electrons. The zero-order chi connectivity index (χ0) is 19.7. The molecule has 0 spiro atoms. The summed E-state index contributed by atoms with van der Waals surface area (Å²) >= 11 is 12.0. The van der Waals surface area contributed by atoms with Gasteiger partial charge in [-0.25, -0.2) is 0 Å². The van der Waals surface area contributed by atoms with Crippen LogP contribution < -0.4 is 15.4 Å². The van der Waals surface area contributed by atoms with E-state index in [1.807, 2.05) is 0 Å². The van der Waals surface area contributed by atoms with Crippen LogP contribution in [0, 0.1) is 0 Å². The molecule has 1 aromatic heterocycles. The van der Waals surface area contributed by atoms with Crippen LogP contribution in [0.5, 0.6) is 5.75 Å². The van der Waals surface area contributed by atoms with Crippen LogP contribution in [0.1, 0.15) is 16.1 Å². The molecule has 28 heavy (non-hydrogen) atoms. The number of halogens is 2. The van der Waals surface area contributed by atoms with E-state index in [-0.39, 0.29) is 11.7 Å². The summed E-state index contributed by atoms with van der Waals surface area (Å²) in [7, 11) is 0. The summed E-state index contributed by atoms with van der Waals surface area (Å²) in [5, 5.41) is 6.46. The smallest absolute Gasteiger partial charge is 0.291 e. The third-order valence-electron chi connectivity index (χ3n) is 4.22. The third kappa shape index (κ3) is 3.83. The van der Waals surface area contributed by atoms with E-state index >= 15 is 0 Å². The van der Waals surface area contributed by atoms with Gasteiger partial charge in [0.05, 0.1) is 17.6 Å². The molecule has 0 fully saturated rings. The van der Waals surface area contributed by atoms with Crippen molar-refractivity contribution in [3.63, 3.8) is 0 Å².